The van der Waals surface area contributed by atoms with Gasteiger partial charge in [0.25, 0.3) is 0 Å². The number of anilines is 1. The molecule has 2 rings (SSSR count). The van der Waals surface area contributed by atoms with Gasteiger partial charge in [-0.05, 0) is 0 Å². The molecule has 4 nitrogen and oxygen atoms in total. The van der Waals surface area contributed by atoms with Crippen LogP contribution in [0.2, 0.25) is 0 Å². The third kappa shape index (κ3) is 3.46. The molecule has 1 aromatic carbocycles. The van der Waals surface area contributed by atoms with E-state index in [0.29, 0.717) is 5.88 Å². The molecule has 5 heteroatoms. The van der Waals surface area contributed by atoms with Gasteiger partial charge in [0.1, 0.15) is 0 Å². The molecule has 0 bridgehead atoms. The van der Waals surface area contributed by atoms with E-state index in [1.165, 1.54) is 4.46 Å². The Morgan fingerprint density at radius 3 is 2.47 bits per heavy atom. The average Bonchev–Trinajstić information content (AvgIpc) is 2.38. The van der Waals surface area contributed by atoms with Gasteiger partial charge in [0.2, 0.25) is 0 Å². The van der Waals surface area contributed by atoms with Gasteiger partial charge in [-0.3, -0.25) is 0 Å². The summed E-state index contributed by atoms with van der Waals surface area (Å²) in [5, 5.41) is 0. The minimum atomic E-state index is -0.0707. The minimum absolute atomic E-state index is 0.0707. The summed E-state index contributed by atoms with van der Waals surface area (Å²) in [7, 11) is 1.58. The van der Waals surface area contributed by atoms with E-state index in [1.807, 2.05) is 12.1 Å². The first kappa shape index (κ1) is 13.8. The van der Waals surface area contributed by atoms with Gasteiger partial charge < -0.3 is 0 Å². The Kier molecular flexibility index (Phi) is 4.07. The number of aromatic nitrogens is 2. The maximum atomic E-state index is 5.73. The Bertz CT molecular complexity index is 558. The van der Waals surface area contributed by atoms with Crippen molar-refractivity contribution in [1.82, 2.24) is 9.97 Å². The number of benzene rings is 1. The number of hydrogen-bond donors (Lipinski definition) is 1. The van der Waals surface area contributed by atoms with Crippen molar-refractivity contribution in [2.75, 3.05) is 12.8 Å². The summed E-state index contributed by atoms with van der Waals surface area (Å²) in [5.41, 5.74) is 6.65. The fraction of sp³-hybridized carbons (Fsp3) is 0.286. The average molecular weight is 322 g/mol. The van der Waals surface area contributed by atoms with Crippen molar-refractivity contribution < 1.29 is 4.74 Å². The van der Waals surface area contributed by atoms with Crippen molar-refractivity contribution in [3.63, 3.8) is 0 Å². The van der Waals surface area contributed by atoms with Gasteiger partial charge in [-0.25, -0.2) is 0 Å². The molecule has 2 aromatic rings. The predicted octanol–water partition coefficient (Wildman–Crippen LogP) is 1.33. The first-order chi connectivity index (χ1) is 9.01. The molecule has 1 heterocycles. The molecule has 0 unspecified atom stereocenters. The van der Waals surface area contributed by atoms with Crippen LogP contribution in [0.1, 0.15) is 19.5 Å². The van der Waals surface area contributed by atoms with Gasteiger partial charge in [-0.2, -0.15) is 0 Å². The summed E-state index contributed by atoms with van der Waals surface area (Å²) < 4.78 is 6.42. The van der Waals surface area contributed by atoms with Crippen LogP contribution in [0, 0.1) is 0 Å². The van der Waals surface area contributed by atoms with Crippen LogP contribution in [0.15, 0.2) is 36.4 Å². The van der Waals surface area contributed by atoms with E-state index in [2.05, 4.69) is 48.1 Å². The monoisotopic (exact) mass is 323 g/mol. The van der Waals surface area contributed by atoms with Crippen LogP contribution in [0.5, 0.6) is 5.88 Å². The zero-order valence-electron chi connectivity index (χ0n) is 11.3. The second-order valence-corrected chi connectivity index (χ2v) is 8.14. The number of rotatable bonds is 4. The number of nitrogen functional groups attached to an aromatic ring is 1. The second-order valence-electron chi connectivity index (χ2n) is 4.58. The number of nitrogens with two attached hydrogens (primary N) is 1. The fourth-order valence-electron chi connectivity index (χ4n) is 1.69. The summed E-state index contributed by atoms with van der Waals surface area (Å²) in [5.74, 6) is 0.769. The van der Waals surface area contributed by atoms with E-state index < -0.39 is 0 Å². The normalized spacial score (nSPS) is 11.3. The standard InChI is InChI=1S/C14H17N3OSe/c1-14(2,19-10-7-5-4-6-8-10)11-9-12(18-3)17-13(15)16-11/h4-9H,1-3H3,(H2,15,16,17). The molecule has 0 saturated heterocycles. The van der Waals surface area contributed by atoms with Crippen molar-refractivity contribution in [3.05, 3.63) is 42.1 Å². The van der Waals surface area contributed by atoms with E-state index in [1.54, 1.807) is 7.11 Å². The Morgan fingerprint density at radius 1 is 1.16 bits per heavy atom. The molecule has 2 N–H and O–H groups in total. The molecule has 0 amide bonds. The number of nitrogens with zero attached hydrogens (tertiary/aromatic N) is 2. The fourth-order valence-corrected chi connectivity index (χ4v) is 3.98. The second kappa shape index (κ2) is 5.59. The molecular formula is C14H17N3OSe. The van der Waals surface area contributed by atoms with E-state index >= 15 is 0 Å². The Labute approximate surface area is 119 Å². The van der Waals surface area contributed by atoms with Gasteiger partial charge in [0.05, 0.1) is 0 Å². The first-order valence-electron chi connectivity index (χ1n) is 5.94. The molecule has 0 aliphatic rings. The summed E-state index contributed by atoms with van der Waals surface area (Å²) >= 11 is 0.250. The van der Waals surface area contributed by atoms with Gasteiger partial charge in [-0.1, -0.05) is 0 Å². The molecular weight excluding hydrogens is 305 g/mol. The SMILES string of the molecule is COc1cc(C(C)(C)[Se]c2ccccc2)nc(N)n1. The summed E-state index contributed by atoms with van der Waals surface area (Å²) in [6, 6.07) is 12.3. The van der Waals surface area contributed by atoms with Crippen LogP contribution >= 0.6 is 0 Å². The third-order valence-corrected chi connectivity index (χ3v) is 5.24. The van der Waals surface area contributed by atoms with Crippen LogP contribution in [-0.2, 0) is 4.31 Å². The van der Waals surface area contributed by atoms with Crippen LogP contribution in [0.25, 0.3) is 0 Å². The first-order valence-corrected chi connectivity index (χ1v) is 7.65. The molecule has 19 heavy (non-hydrogen) atoms. The topological polar surface area (TPSA) is 61.0 Å². The Balaban J connectivity index is 2.31. The van der Waals surface area contributed by atoms with E-state index in [9.17, 15) is 0 Å². The molecule has 0 aliphatic heterocycles. The molecule has 0 fully saturated rings. The van der Waals surface area contributed by atoms with Crippen molar-refractivity contribution in [1.29, 1.82) is 0 Å². The van der Waals surface area contributed by atoms with Gasteiger partial charge in [-0.15, -0.1) is 0 Å². The van der Waals surface area contributed by atoms with Crippen LogP contribution < -0.4 is 14.9 Å². The number of methoxy groups -OCH3 is 1. The maximum absolute atomic E-state index is 5.73. The van der Waals surface area contributed by atoms with Crippen molar-refractivity contribution in [3.8, 4) is 5.88 Å². The van der Waals surface area contributed by atoms with E-state index in [0.717, 1.165) is 5.69 Å². The predicted molar refractivity (Wildman–Crippen MR) is 77.9 cm³/mol. The third-order valence-electron chi connectivity index (χ3n) is 2.66. The molecule has 0 atom stereocenters. The van der Waals surface area contributed by atoms with Crippen LogP contribution in [0.4, 0.5) is 5.95 Å². The van der Waals surface area contributed by atoms with E-state index in [-0.39, 0.29) is 25.2 Å². The van der Waals surface area contributed by atoms with Gasteiger partial charge in [0.15, 0.2) is 0 Å². The number of ether oxygens (including phenoxy) is 1. The van der Waals surface area contributed by atoms with Gasteiger partial charge in [0, 0.05) is 0 Å². The quantitative estimate of drug-likeness (QED) is 0.863. The summed E-state index contributed by atoms with van der Waals surface area (Å²) in [4.78, 5) is 8.38. The molecule has 1 aromatic heterocycles. The van der Waals surface area contributed by atoms with Crippen molar-refractivity contribution in [2.45, 2.75) is 18.2 Å². The van der Waals surface area contributed by atoms with Crippen LogP contribution in [0.3, 0.4) is 0 Å². The zero-order valence-corrected chi connectivity index (χ0v) is 13.0. The Morgan fingerprint density at radius 2 is 1.84 bits per heavy atom. The number of hydrogen-bond acceptors (Lipinski definition) is 4. The summed E-state index contributed by atoms with van der Waals surface area (Å²) in [6.07, 6.45) is 0. The van der Waals surface area contributed by atoms with Crippen molar-refractivity contribution in [2.24, 2.45) is 0 Å². The summed E-state index contributed by atoms with van der Waals surface area (Å²) in [6.45, 7) is 4.34. The van der Waals surface area contributed by atoms with Gasteiger partial charge >= 0.3 is 119 Å². The Hall–Kier alpha value is -1.58. The molecule has 0 aliphatic carbocycles. The van der Waals surface area contributed by atoms with Crippen LogP contribution in [-0.4, -0.2) is 32.0 Å². The van der Waals surface area contributed by atoms with E-state index in [4.69, 9.17) is 10.5 Å². The molecule has 100 valence electrons. The zero-order chi connectivity index (χ0) is 13.9. The molecule has 0 spiro atoms. The molecule has 0 saturated carbocycles. The molecule has 0 radical (unpaired) electrons. The van der Waals surface area contributed by atoms with Crippen molar-refractivity contribution >= 4 is 25.4 Å².